The summed E-state index contributed by atoms with van der Waals surface area (Å²) in [5.41, 5.74) is 0.510. The summed E-state index contributed by atoms with van der Waals surface area (Å²) in [6.07, 6.45) is 0. The van der Waals surface area contributed by atoms with Crippen LogP contribution in [0.3, 0.4) is 0 Å². The fourth-order valence-corrected chi connectivity index (χ4v) is 1.33. The molecular formula is C7H10BNO2S. The van der Waals surface area contributed by atoms with Gasteiger partial charge in [-0.25, -0.2) is 0 Å². The average Bonchev–Trinajstić information content (AvgIpc) is 2.06. The van der Waals surface area contributed by atoms with Gasteiger partial charge in [0.05, 0.1) is 0 Å². The molecule has 12 heavy (non-hydrogen) atoms. The maximum atomic E-state index is 8.78. The lowest BCUT2D eigenvalue weighted by molar-refractivity contribution is 0.426. The van der Waals surface area contributed by atoms with Crippen LogP contribution in [0.5, 0.6) is 0 Å². The summed E-state index contributed by atoms with van der Waals surface area (Å²) in [7, 11) is 0.457. The Morgan fingerprint density at radius 1 is 1.25 bits per heavy atom. The fraction of sp³-hybridized carbons (Fsp3) is 0.143. The Hall–Kier alpha value is -0.485. The monoisotopic (exact) mass is 183 g/mol. The molecule has 0 aliphatic carbocycles. The van der Waals surface area contributed by atoms with Crippen LogP contribution in [0.1, 0.15) is 0 Å². The van der Waals surface area contributed by atoms with E-state index in [1.54, 1.807) is 12.1 Å². The zero-order valence-corrected chi connectivity index (χ0v) is 7.51. The van der Waals surface area contributed by atoms with Crippen LogP contribution in [0.2, 0.25) is 0 Å². The van der Waals surface area contributed by atoms with Gasteiger partial charge in [0, 0.05) is 4.90 Å². The molecule has 0 aliphatic heterocycles. The summed E-state index contributed by atoms with van der Waals surface area (Å²) in [6.45, 7) is 0. The van der Waals surface area contributed by atoms with Crippen LogP contribution in [0.15, 0.2) is 29.2 Å². The first kappa shape index (κ1) is 9.60. The predicted molar refractivity (Wildman–Crippen MR) is 51.2 cm³/mol. The van der Waals surface area contributed by atoms with Gasteiger partial charge < -0.3 is 10.0 Å². The summed E-state index contributed by atoms with van der Waals surface area (Å²) < 4.78 is 2.92. The third kappa shape index (κ3) is 2.53. The summed E-state index contributed by atoms with van der Waals surface area (Å²) in [5.74, 6) is 0. The maximum Gasteiger partial charge on any atom is 0.488 e. The summed E-state index contributed by atoms with van der Waals surface area (Å²) >= 11 is 1.48. The van der Waals surface area contributed by atoms with Gasteiger partial charge in [0.2, 0.25) is 0 Å². The highest BCUT2D eigenvalue weighted by Crippen LogP contribution is 2.10. The minimum atomic E-state index is -1.38. The molecule has 0 unspecified atom stereocenters. The van der Waals surface area contributed by atoms with E-state index >= 15 is 0 Å². The van der Waals surface area contributed by atoms with Crippen molar-refractivity contribution in [1.29, 1.82) is 0 Å². The van der Waals surface area contributed by atoms with E-state index in [-0.39, 0.29) is 0 Å². The van der Waals surface area contributed by atoms with E-state index in [4.69, 9.17) is 10.0 Å². The third-order valence-electron chi connectivity index (χ3n) is 1.40. The highest BCUT2D eigenvalue weighted by molar-refractivity contribution is 7.97. The Balaban J connectivity index is 2.71. The van der Waals surface area contributed by atoms with Gasteiger partial charge in [0.1, 0.15) is 0 Å². The van der Waals surface area contributed by atoms with E-state index in [0.29, 0.717) is 5.46 Å². The lowest BCUT2D eigenvalue weighted by Gasteiger charge is -2.01. The van der Waals surface area contributed by atoms with Gasteiger partial charge >= 0.3 is 7.12 Å². The van der Waals surface area contributed by atoms with Gasteiger partial charge in [-0.05, 0) is 36.6 Å². The quantitative estimate of drug-likeness (QED) is 0.440. The van der Waals surface area contributed by atoms with E-state index < -0.39 is 7.12 Å². The first-order valence-corrected chi connectivity index (χ1v) is 4.35. The molecule has 1 aromatic rings. The number of rotatable bonds is 3. The summed E-state index contributed by atoms with van der Waals surface area (Å²) in [4.78, 5) is 1.04. The second-order valence-corrected chi connectivity index (χ2v) is 3.33. The van der Waals surface area contributed by atoms with Gasteiger partial charge in [-0.2, -0.15) is 0 Å². The summed E-state index contributed by atoms with van der Waals surface area (Å²) in [6, 6.07) is 7.03. The van der Waals surface area contributed by atoms with Crippen molar-refractivity contribution < 1.29 is 10.0 Å². The van der Waals surface area contributed by atoms with Crippen molar-refractivity contribution in [2.24, 2.45) is 0 Å². The van der Waals surface area contributed by atoms with Crippen LogP contribution in [0, 0.1) is 0 Å². The molecule has 3 N–H and O–H groups in total. The van der Waals surface area contributed by atoms with Crippen molar-refractivity contribution in [3.05, 3.63) is 24.3 Å². The summed E-state index contributed by atoms with van der Waals surface area (Å²) in [5, 5.41) is 17.6. The third-order valence-corrected chi connectivity index (χ3v) is 2.11. The molecule has 0 aromatic heterocycles. The smallest absolute Gasteiger partial charge is 0.423 e. The van der Waals surface area contributed by atoms with E-state index in [1.807, 2.05) is 19.2 Å². The highest BCUT2D eigenvalue weighted by atomic mass is 32.2. The number of benzene rings is 1. The van der Waals surface area contributed by atoms with Gasteiger partial charge in [-0.15, -0.1) is 0 Å². The Bertz CT molecular complexity index is 240. The minimum Gasteiger partial charge on any atom is -0.423 e. The topological polar surface area (TPSA) is 52.5 Å². The predicted octanol–water partition coefficient (Wildman–Crippen LogP) is -0.407. The van der Waals surface area contributed by atoms with Crippen LogP contribution < -0.4 is 10.2 Å². The molecule has 3 nitrogen and oxygen atoms in total. The molecule has 1 rings (SSSR count). The van der Waals surface area contributed by atoms with Crippen LogP contribution in [0.4, 0.5) is 0 Å². The molecule has 0 saturated carbocycles. The molecule has 0 spiro atoms. The molecule has 0 saturated heterocycles. The largest absolute Gasteiger partial charge is 0.488 e. The lowest BCUT2D eigenvalue weighted by atomic mass is 9.81. The van der Waals surface area contributed by atoms with Crippen LogP contribution in [0.25, 0.3) is 0 Å². The average molecular weight is 183 g/mol. The van der Waals surface area contributed by atoms with Crippen molar-refractivity contribution >= 4 is 24.5 Å². The second kappa shape index (κ2) is 4.52. The van der Waals surface area contributed by atoms with Gasteiger partial charge in [0.15, 0.2) is 0 Å². The first-order valence-electron chi connectivity index (χ1n) is 3.53. The Labute approximate surface area is 76.1 Å². The van der Waals surface area contributed by atoms with Crippen molar-refractivity contribution in [3.8, 4) is 0 Å². The van der Waals surface area contributed by atoms with E-state index in [0.717, 1.165) is 4.90 Å². The van der Waals surface area contributed by atoms with Gasteiger partial charge in [0.25, 0.3) is 0 Å². The number of hydrogen-bond donors (Lipinski definition) is 3. The molecule has 1 aromatic carbocycles. The van der Waals surface area contributed by atoms with Crippen molar-refractivity contribution in [1.82, 2.24) is 4.72 Å². The molecule has 0 fully saturated rings. The van der Waals surface area contributed by atoms with Gasteiger partial charge in [-0.3, -0.25) is 4.72 Å². The van der Waals surface area contributed by atoms with E-state index in [9.17, 15) is 0 Å². The molecule has 0 heterocycles. The normalized spacial score (nSPS) is 9.92. The zero-order chi connectivity index (χ0) is 8.97. The molecule has 64 valence electrons. The molecule has 0 bridgehead atoms. The Morgan fingerprint density at radius 3 is 2.25 bits per heavy atom. The molecule has 5 heteroatoms. The van der Waals surface area contributed by atoms with E-state index in [2.05, 4.69) is 4.72 Å². The number of nitrogens with one attached hydrogen (secondary N) is 1. The molecule has 0 amide bonds. The van der Waals surface area contributed by atoms with Crippen LogP contribution in [-0.2, 0) is 0 Å². The standard InChI is InChI=1S/C7H10BNO2S/c1-9-12-7-4-2-6(3-5-7)8(10)11/h2-5,9-11H,1H3. The number of hydrogen-bond acceptors (Lipinski definition) is 4. The molecule has 0 aliphatic rings. The van der Waals surface area contributed by atoms with Gasteiger partial charge in [-0.1, -0.05) is 12.1 Å². The van der Waals surface area contributed by atoms with Crippen LogP contribution in [-0.4, -0.2) is 24.2 Å². The Morgan fingerprint density at radius 2 is 1.83 bits per heavy atom. The lowest BCUT2D eigenvalue weighted by Crippen LogP contribution is -2.29. The van der Waals surface area contributed by atoms with Crippen molar-refractivity contribution in [3.63, 3.8) is 0 Å². The van der Waals surface area contributed by atoms with Crippen molar-refractivity contribution in [2.75, 3.05) is 7.05 Å². The fourth-order valence-electron chi connectivity index (χ4n) is 0.826. The molecule has 0 radical (unpaired) electrons. The maximum absolute atomic E-state index is 8.78. The minimum absolute atomic E-state index is 0.510. The SMILES string of the molecule is CNSc1ccc(B(O)O)cc1. The molecular weight excluding hydrogens is 173 g/mol. The highest BCUT2D eigenvalue weighted by Gasteiger charge is 2.09. The van der Waals surface area contributed by atoms with E-state index in [1.165, 1.54) is 11.9 Å². The second-order valence-electron chi connectivity index (χ2n) is 2.25. The van der Waals surface area contributed by atoms with Crippen LogP contribution >= 0.6 is 11.9 Å². The first-order chi connectivity index (χ1) is 5.74. The molecule has 0 atom stereocenters. The zero-order valence-electron chi connectivity index (χ0n) is 6.69. The van der Waals surface area contributed by atoms with Crippen molar-refractivity contribution in [2.45, 2.75) is 4.90 Å². The Kier molecular flexibility index (Phi) is 3.62.